The van der Waals surface area contributed by atoms with Crippen LogP contribution in [0.3, 0.4) is 0 Å². The summed E-state index contributed by atoms with van der Waals surface area (Å²) in [6.07, 6.45) is 3.06. The number of fused-ring (bicyclic) bond motifs is 1. The predicted molar refractivity (Wildman–Crippen MR) is 52.6 cm³/mol. The summed E-state index contributed by atoms with van der Waals surface area (Å²) in [5.41, 5.74) is 8.47. The van der Waals surface area contributed by atoms with E-state index in [1.165, 1.54) is 17.2 Å². The largest absolute Gasteiger partial charge is 0.332 e. The lowest BCUT2D eigenvalue weighted by Gasteiger charge is -2.20. The highest BCUT2D eigenvalue weighted by Gasteiger charge is 2.19. The molecule has 0 aliphatic carbocycles. The maximum Gasteiger partial charge on any atom is 0.110 e. The second-order valence-corrected chi connectivity index (χ2v) is 3.82. The van der Waals surface area contributed by atoms with Gasteiger partial charge in [-0.05, 0) is 19.8 Å². The zero-order valence-electron chi connectivity index (χ0n) is 8.38. The highest BCUT2D eigenvalue weighted by atomic mass is 15.1. The molecule has 0 bridgehead atoms. The predicted octanol–water partition coefficient (Wildman–Crippen LogP) is 1.03. The summed E-state index contributed by atoms with van der Waals surface area (Å²) >= 11 is 0. The highest BCUT2D eigenvalue weighted by Crippen LogP contribution is 2.18. The molecule has 1 atom stereocenters. The molecule has 1 aliphatic heterocycles. The second kappa shape index (κ2) is 3.14. The standard InChI is InChI=1S/C10H17N3/c1-3-9-7(2)13-5-4-8(11)6-10(13)12-9/h8H,3-6,11H2,1-2H3. The fraction of sp³-hybridized carbons (Fsp3) is 0.700. The van der Waals surface area contributed by atoms with Gasteiger partial charge >= 0.3 is 0 Å². The van der Waals surface area contributed by atoms with Gasteiger partial charge in [-0.15, -0.1) is 0 Å². The number of aryl methyl sites for hydroxylation is 1. The molecule has 2 rings (SSSR count). The van der Waals surface area contributed by atoms with Crippen molar-refractivity contribution < 1.29 is 0 Å². The molecule has 2 N–H and O–H groups in total. The van der Waals surface area contributed by atoms with Gasteiger partial charge in [0.25, 0.3) is 0 Å². The van der Waals surface area contributed by atoms with Gasteiger partial charge in [-0.1, -0.05) is 6.92 Å². The Morgan fingerprint density at radius 3 is 3.08 bits per heavy atom. The Morgan fingerprint density at radius 2 is 2.38 bits per heavy atom. The Morgan fingerprint density at radius 1 is 1.62 bits per heavy atom. The molecule has 1 aromatic rings. The Bertz CT molecular complexity index is 314. The lowest BCUT2D eigenvalue weighted by atomic mass is 10.1. The molecule has 0 radical (unpaired) electrons. The molecular weight excluding hydrogens is 162 g/mol. The smallest absolute Gasteiger partial charge is 0.110 e. The first-order chi connectivity index (χ1) is 6.22. The van der Waals surface area contributed by atoms with Crippen LogP contribution in [0.5, 0.6) is 0 Å². The van der Waals surface area contributed by atoms with Crippen molar-refractivity contribution in [3.8, 4) is 0 Å². The van der Waals surface area contributed by atoms with Gasteiger partial charge in [-0.25, -0.2) is 4.98 Å². The molecular formula is C10H17N3. The fourth-order valence-corrected chi connectivity index (χ4v) is 2.07. The average molecular weight is 179 g/mol. The molecule has 3 nitrogen and oxygen atoms in total. The summed E-state index contributed by atoms with van der Waals surface area (Å²) in [6, 6.07) is 0.319. The lowest BCUT2D eigenvalue weighted by Crippen LogP contribution is -2.31. The minimum atomic E-state index is 0.319. The van der Waals surface area contributed by atoms with Crippen LogP contribution in [0.1, 0.15) is 30.6 Å². The van der Waals surface area contributed by atoms with Gasteiger partial charge in [0.05, 0.1) is 5.69 Å². The fourth-order valence-electron chi connectivity index (χ4n) is 2.07. The van der Waals surface area contributed by atoms with Crippen molar-refractivity contribution in [2.45, 2.75) is 45.7 Å². The molecule has 0 saturated carbocycles. The third kappa shape index (κ3) is 1.37. The summed E-state index contributed by atoms with van der Waals surface area (Å²) in [7, 11) is 0. The number of hydrogen-bond donors (Lipinski definition) is 1. The quantitative estimate of drug-likeness (QED) is 0.699. The van der Waals surface area contributed by atoms with E-state index in [0.717, 1.165) is 25.8 Å². The van der Waals surface area contributed by atoms with Gasteiger partial charge in [-0.2, -0.15) is 0 Å². The van der Waals surface area contributed by atoms with E-state index < -0.39 is 0 Å². The maximum atomic E-state index is 5.90. The normalized spacial score (nSPS) is 21.6. The van der Waals surface area contributed by atoms with Crippen LogP contribution in [0.25, 0.3) is 0 Å². The van der Waals surface area contributed by atoms with Crippen molar-refractivity contribution in [3.05, 3.63) is 17.2 Å². The molecule has 0 aromatic carbocycles. The van der Waals surface area contributed by atoms with Crippen molar-refractivity contribution in [1.29, 1.82) is 0 Å². The van der Waals surface area contributed by atoms with Crippen molar-refractivity contribution in [1.82, 2.24) is 9.55 Å². The summed E-state index contributed by atoms with van der Waals surface area (Å²) in [5, 5.41) is 0. The van der Waals surface area contributed by atoms with E-state index >= 15 is 0 Å². The third-order valence-electron chi connectivity index (χ3n) is 2.90. The van der Waals surface area contributed by atoms with Crippen LogP contribution < -0.4 is 5.73 Å². The molecule has 0 amide bonds. The first-order valence-electron chi connectivity index (χ1n) is 5.02. The number of aromatic nitrogens is 2. The lowest BCUT2D eigenvalue weighted by molar-refractivity contribution is 0.458. The SMILES string of the molecule is CCc1nc2n(c1C)CCC(N)C2. The minimum Gasteiger partial charge on any atom is -0.332 e. The number of imidazole rings is 1. The van der Waals surface area contributed by atoms with Crippen molar-refractivity contribution in [2.24, 2.45) is 5.73 Å². The van der Waals surface area contributed by atoms with Crippen molar-refractivity contribution in [2.75, 3.05) is 0 Å². The highest BCUT2D eigenvalue weighted by molar-refractivity contribution is 5.17. The van der Waals surface area contributed by atoms with E-state index in [0.29, 0.717) is 6.04 Å². The molecule has 1 unspecified atom stereocenters. The van der Waals surface area contributed by atoms with E-state index in [1.54, 1.807) is 0 Å². The van der Waals surface area contributed by atoms with Gasteiger partial charge in [0.2, 0.25) is 0 Å². The first-order valence-corrected chi connectivity index (χ1v) is 5.02. The van der Waals surface area contributed by atoms with Gasteiger partial charge in [0, 0.05) is 24.7 Å². The molecule has 0 spiro atoms. The molecule has 1 aromatic heterocycles. The van der Waals surface area contributed by atoms with Crippen LogP contribution in [0.15, 0.2) is 0 Å². The van der Waals surface area contributed by atoms with Crippen LogP contribution in [0, 0.1) is 6.92 Å². The van der Waals surface area contributed by atoms with E-state index in [2.05, 4.69) is 23.4 Å². The van der Waals surface area contributed by atoms with Crippen molar-refractivity contribution >= 4 is 0 Å². The van der Waals surface area contributed by atoms with Gasteiger partial charge in [0.1, 0.15) is 5.82 Å². The summed E-state index contributed by atoms with van der Waals surface area (Å²) < 4.78 is 2.32. The molecule has 0 fully saturated rings. The minimum absolute atomic E-state index is 0.319. The monoisotopic (exact) mass is 179 g/mol. The summed E-state index contributed by atoms with van der Waals surface area (Å²) in [5.74, 6) is 1.19. The molecule has 1 aliphatic rings. The van der Waals surface area contributed by atoms with Crippen LogP contribution in [-0.2, 0) is 19.4 Å². The molecule has 3 heteroatoms. The summed E-state index contributed by atoms with van der Waals surface area (Å²) in [4.78, 5) is 4.60. The Hall–Kier alpha value is -0.830. The van der Waals surface area contributed by atoms with E-state index in [4.69, 9.17) is 5.73 Å². The molecule has 2 heterocycles. The number of rotatable bonds is 1. The first kappa shape index (κ1) is 8.75. The zero-order chi connectivity index (χ0) is 9.42. The molecule has 13 heavy (non-hydrogen) atoms. The van der Waals surface area contributed by atoms with Crippen LogP contribution in [-0.4, -0.2) is 15.6 Å². The zero-order valence-corrected chi connectivity index (χ0v) is 8.38. The molecule has 72 valence electrons. The number of nitrogens with zero attached hydrogens (tertiary/aromatic N) is 2. The van der Waals surface area contributed by atoms with E-state index in [9.17, 15) is 0 Å². The number of hydrogen-bond acceptors (Lipinski definition) is 2. The maximum absolute atomic E-state index is 5.90. The Kier molecular flexibility index (Phi) is 2.12. The molecule has 0 saturated heterocycles. The number of nitrogens with two attached hydrogens (primary N) is 1. The van der Waals surface area contributed by atoms with E-state index in [-0.39, 0.29) is 0 Å². The van der Waals surface area contributed by atoms with Crippen LogP contribution >= 0.6 is 0 Å². The van der Waals surface area contributed by atoms with Gasteiger partial charge < -0.3 is 10.3 Å². The van der Waals surface area contributed by atoms with Gasteiger partial charge in [0.15, 0.2) is 0 Å². The second-order valence-electron chi connectivity index (χ2n) is 3.82. The third-order valence-corrected chi connectivity index (χ3v) is 2.90. The van der Waals surface area contributed by atoms with Crippen molar-refractivity contribution in [3.63, 3.8) is 0 Å². The Balaban J connectivity index is 2.39. The van der Waals surface area contributed by atoms with Crippen LogP contribution in [0.2, 0.25) is 0 Å². The topological polar surface area (TPSA) is 43.8 Å². The summed E-state index contributed by atoms with van der Waals surface area (Å²) in [6.45, 7) is 5.36. The Labute approximate surface area is 79.0 Å². The van der Waals surface area contributed by atoms with Crippen LogP contribution in [0.4, 0.5) is 0 Å². The average Bonchev–Trinajstić information content (AvgIpc) is 2.42. The van der Waals surface area contributed by atoms with Gasteiger partial charge in [-0.3, -0.25) is 0 Å². The van der Waals surface area contributed by atoms with E-state index in [1.807, 2.05) is 0 Å².